The first-order chi connectivity index (χ1) is 9.34. The van der Waals surface area contributed by atoms with Crippen LogP contribution in [0.2, 0.25) is 0 Å². The molecule has 0 aliphatic rings. The molecule has 0 saturated carbocycles. The maximum atomic E-state index is 13.1. The van der Waals surface area contributed by atoms with Crippen LogP contribution in [0.15, 0.2) is 0 Å². The molecule has 1 aromatic carbocycles. The van der Waals surface area contributed by atoms with E-state index in [9.17, 15) is 43.9 Å². The monoisotopic (exact) mass is 331 g/mol. The average Bonchev–Trinajstić information content (AvgIpc) is 2.37. The third kappa shape index (κ3) is 2.65. The minimum absolute atomic E-state index is 1.79. The summed E-state index contributed by atoms with van der Waals surface area (Å²) in [7, 11) is 0. The summed E-state index contributed by atoms with van der Waals surface area (Å²) >= 11 is 0. The molecular formula is C9H3F10NO. The standard InChI is InChI=1S/C9H3F10NO/c10-1-3(12)6(4(13)2(11)5(1)20)21-8(16,7(14)15)9(17,18)19/h7H,20H2. The zero-order valence-electron chi connectivity index (χ0n) is 9.34. The fraction of sp³-hybridized carbons (Fsp3) is 0.333. The van der Waals surface area contributed by atoms with Crippen LogP contribution >= 0.6 is 0 Å². The predicted octanol–water partition coefficient (Wildman–Crippen LogP) is 3.70. The van der Waals surface area contributed by atoms with Crippen LogP contribution in [0.1, 0.15) is 0 Å². The number of rotatable bonds is 3. The van der Waals surface area contributed by atoms with Crippen molar-refractivity contribution in [2.45, 2.75) is 18.5 Å². The molecule has 1 unspecified atom stereocenters. The molecule has 0 aliphatic heterocycles. The highest BCUT2D eigenvalue weighted by Crippen LogP contribution is 2.43. The Hall–Kier alpha value is -1.88. The van der Waals surface area contributed by atoms with Gasteiger partial charge in [-0.15, -0.1) is 0 Å². The summed E-state index contributed by atoms with van der Waals surface area (Å²) in [5.41, 5.74) is 2.73. The number of ether oxygens (including phenoxy) is 1. The van der Waals surface area contributed by atoms with Crippen molar-refractivity contribution >= 4 is 5.69 Å². The van der Waals surface area contributed by atoms with E-state index in [-0.39, 0.29) is 0 Å². The molecular weight excluding hydrogens is 328 g/mol. The summed E-state index contributed by atoms with van der Waals surface area (Å²) in [6.07, 6.45) is -11.4. The molecule has 120 valence electrons. The van der Waals surface area contributed by atoms with E-state index in [1.165, 1.54) is 0 Å². The van der Waals surface area contributed by atoms with Crippen molar-refractivity contribution in [3.05, 3.63) is 23.3 Å². The molecule has 2 N–H and O–H groups in total. The third-order valence-corrected chi connectivity index (χ3v) is 2.17. The number of nitrogens with two attached hydrogens (primary N) is 1. The number of hydrogen-bond donors (Lipinski definition) is 1. The summed E-state index contributed by atoms with van der Waals surface area (Å²) in [6.45, 7) is 0. The Balaban J connectivity index is 3.50. The first-order valence-electron chi connectivity index (χ1n) is 4.68. The second-order valence-electron chi connectivity index (χ2n) is 3.54. The molecule has 0 spiro atoms. The highest BCUT2D eigenvalue weighted by Gasteiger charge is 2.66. The topological polar surface area (TPSA) is 35.2 Å². The van der Waals surface area contributed by atoms with Crippen molar-refractivity contribution in [3.8, 4) is 5.75 Å². The summed E-state index contributed by atoms with van der Waals surface area (Å²) in [6, 6.07) is 0. The van der Waals surface area contributed by atoms with Gasteiger partial charge in [-0.3, -0.25) is 0 Å². The van der Waals surface area contributed by atoms with Gasteiger partial charge in [0.2, 0.25) is 17.4 Å². The lowest BCUT2D eigenvalue weighted by Gasteiger charge is -2.27. The van der Waals surface area contributed by atoms with Gasteiger partial charge >= 0.3 is 18.5 Å². The van der Waals surface area contributed by atoms with E-state index in [0.717, 1.165) is 0 Å². The van der Waals surface area contributed by atoms with E-state index in [2.05, 4.69) is 10.5 Å². The van der Waals surface area contributed by atoms with Crippen molar-refractivity contribution in [1.29, 1.82) is 0 Å². The largest absolute Gasteiger partial charge is 0.466 e. The van der Waals surface area contributed by atoms with E-state index in [1.807, 2.05) is 0 Å². The molecule has 12 heteroatoms. The zero-order chi connectivity index (χ0) is 16.7. The Morgan fingerprint density at radius 3 is 1.48 bits per heavy atom. The average molecular weight is 331 g/mol. The zero-order valence-corrected chi connectivity index (χ0v) is 9.34. The van der Waals surface area contributed by atoms with Gasteiger partial charge in [0.25, 0.3) is 0 Å². The molecule has 0 aromatic heterocycles. The number of benzene rings is 1. The minimum atomic E-state index is -6.45. The van der Waals surface area contributed by atoms with Crippen molar-refractivity contribution in [1.82, 2.24) is 0 Å². The van der Waals surface area contributed by atoms with Crippen LogP contribution in [-0.2, 0) is 0 Å². The summed E-state index contributed by atoms with van der Waals surface area (Å²) in [5, 5.41) is 0. The highest BCUT2D eigenvalue weighted by molar-refractivity contribution is 5.47. The molecule has 1 rings (SSSR count). The minimum Gasteiger partial charge on any atom is -0.439 e. The first kappa shape index (κ1) is 17.2. The maximum absolute atomic E-state index is 13.1. The lowest BCUT2D eigenvalue weighted by molar-refractivity contribution is -0.341. The molecule has 2 nitrogen and oxygen atoms in total. The number of alkyl halides is 6. The van der Waals surface area contributed by atoms with Gasteiger partial charge in [-0.25, -0.2) is 17.6 Å². The summed E-state index contributed by atoms with van der Waals surface area (Å²) in [4.78, 5) is 0. The maximum Gasteiger partial charge on any atom is 0.466 e. The van der Waals surface area contributed by atoms with Crippen molar-refractivity contribution in [2.75, 3.05) is 5.73 Å². The van der Waals surface area contributed by atoms with Crippen molar-refractivity contribution in [3.63, 3.8) is 0 Å². The number of halogens is 10. The fourth-order valence-electron chi connectivity index (χ4n) is 1.09. The Morgan fingerprint density at radius 2 is 1.19 bits per heavy atom. The SMILES string of the molecule is Nc1c(F)c(F)c(OC(F)(C(F)F)C(F)(F)F)c(F)c1F. The van der Waals surface area contributed by atoms with E-state index >= 15 is 0 Å². The molecule has 0 amide bonds. The Kier molecular flexibility index (Phi) is 4.21. The lowest BCUT2D eigenvalue weighted by atomic mass is 10.2. The second-order valence-corrected chi connectivity index (χ2v) is 3.54. The van der Waals surface area contributed by atoms with Crippen LogP contribution in [0.5, 0.6) is 5.75 Å². The summed E-state index contributed by atoms with van der Waals surface area (Å²) < 4.78 is 129. The van der Waals surface area contributed by atoms with Gasteiger partial charge in [-0.05, 0) is 0 Å². The molecule has 0 fully saturated rings. The van der Waals surface area contributed by atoms with Gasteiger partial charge in [-0.1, -0.05) is 0 Å². The van der Waals surface area contributed by atoms with Gasteiger partial charge in [0.05, 0.1) is 0 Å². The van der Waals surface area contributed by atoms with Crippen LogP contribution in [0.3, 0.4) is 0 Å². The van der Waals surface area contributed by atoms with Crippen LogP contribution < -0.4 is 10.5 Å². The van der Waals surface area contributed by atoms with Gasteiger partial charge in [0, 0.05) is 0 Å². The van der Waals surface area contributed by atoms with Crippen LogP contribution in [0.4, 0.5) is 49.6 Å². The normalized spacial score (nSPS) is 15.2. The van der Waals surface area contributed by atoms with Crippen molar-refractivity contribution in [2.24, 2.45) is 0 Å². The predicted molar refractivity (Wildman–Crippen MR) is 47.2 cm³/mol. The molecule has 21 heavy (non-hydrogen) atoms. The van der Waals surface area contributed by atoms with E-state index in [0.29, 0.717) is 0 Å². The summed E-state index contributed by atoms with van der Waals surface area (Å²) in [5.74, 6) is -18.8. The molecule has 0 radical (unpaired) electrons. The van der Waals surface area contributed by atoms with Crippen LogP contribution in [0.25, 0.3) is 0 Å². The second kappa shape index (κ2) is 5.15. The van der Waals surface area contributed by atoms with Gasteiger partial charge in [-0.2, -0.15) is 26.3 Å². The van der Waals surface area contributed by atoms with E-state index in [1.54, 1.807) is 0 Å². The number of hydrogen-bond acceptors (Lipinski definition) is 2. The Labute approximate surface area is 109 Å². The van der Waals surface area contributed by atoms with Gasteiger partial charge < -0.3 is 10.5 Å². The molecule has 0 bridgehead atoms. The van der Waals surface area contributed by atoms with Crippen LogP contribution in [0, 0.1) is 23.3 Å². The van der Waals surface area contributed by atoms with E-state index in [4.69, 9.17) is 0 Å². The third-order valence-electron chi connectivity index (χ3n) is 2.17. The molecule has 0 aliphatic carbocycles. The smallest absolute Gasteiger partial charge is 0.439 e. The van der Waals surface area contributed by atoms with E-state index < -0.39 is 53.2 Å². The molecule has 1 aromatic rings. The molecule has 0 saturated heterocycles. The lowest BCUT2D eigenvalue weighted by Crippen LogP contribution is -2.52. The Morgan fingerprint density at radius 1 is 0.810 bits per heavy atom. The first-order valence-corrected chi connectivity index (χ1v) is 4.68. The fourth-order valence-corrected chi connectivity index (χ4v) is 1.09. The quantitative estimate of drug-likeness (QED) is 0.521. The highest BCUT2D eigenvalue weighted by atomic mass is 19.4. The number of nitrogen functional groups attached to an aromatic ring is 1. The van der Waals surface area contributed by atoms with Gasteiger partial charge in [0.1, 0.15) is 5.69 Å². The van der Waals surface area contributed by atoms with Crippen molar-refractivity contribution < 1.29 is 48.6 Å². The Bertz CT molecular complexity index is 527. The molecule has 0 heterocycles. The number of anilines is 1. The van der Waals surface area contributed by atoms with Crippen LogP contribution in [-0.4, -0.2) is 18.5 Å². The van der Waals surface area contributed by atoms with Gasteiger partial charge in [0.15, 0.2) is 11.6 Å². The molecule has 1 atom stereocenters.